The number of benzene rings is 1. The van der Waals surface area contributed by atoms with Crippen LogP contribution in [0.1, 0.15) is 38.2 Å². The van der Waals surface area contributed by atoms with E-state index in [1.807, 2.05) is 6.92 Å². The molecule has 1 N–H and O–H groups in total. The first-order chi connectivity index (χ1) is 12.9. The van der Waals surface area contributed by atoms with Crippen molar-refractivity contribution in [2.24, 2.45) is 5.92 Å². The SMILES string of the molecule is C[C@@H]1CCCC[C@@H]1N1C(=O)C(=O)N(CC(=O)NCc2ccc(Cl)cc2)C1=O. The van der Waals surface area contributed by atoms with Crippen molar-refractivity contribution < 1.29 is 19.2 Å². The van der Waals surface area contributed by atoms with Gasteiger partial charge in [-0.05, 0) is 36.5 Å². The molecule has 7 nitrogen and oxygen atoms in total. The van der Waals surface area contributed by atoms with E-state index in [1.54, 1.807) is 24.3 Å². The summed E-state index contributed by atoms with van der Waals surface area (Å²) >= 11 is 5.82. The van der Waals surface area contributed by atoms with Crippen molar-refractivity contribution in [1.29, 1.82) is 0 Å². The monoisotopic (exact) mass is 391 g/mol. The highest BCUT2D eigenvalue weighted by atomic mass is 35.5. The largest absolute Gasteiger partial charge is 0.350 e. The Morgan fingerprint density at radius 2 is 1.78 bits per heavy atom. The smallest absolute Gasteiger partial charge is 0.334 e. The summed E-state index contributed by atoms with van der Waals surface area (Å²) in [5, 5.41) is 3.24. The van der Waals surface area contributed by atoms with Gasteiger partial charge in [0.15, 0.2) is 0 Å². The number of hydrogen-bond donors (Lipinski definition) is 1. The maximum Gasteiger partial charge on any atom is 0.334 e. The van der Waals surface area contributed by atoms with Crippen LogP contribution < -0.4 is 5.32 Å². The van der Waals surface area contributed by atoms with E-state index in [9.17, 15) is 19.2 Å². The Kier molecular flexibility index (Phi) is 5.79. The van der Waals surface area contributed by atoms with Crippen molar-refractivity contribution in [2.45, 2.75) is 45.2 Å². The second kappa shape index (κ2) is 8.08. The first-order valence-corrected chi connectivity index (χ1v) is 9.46. The quantitative estimate of drug-likeness (QED) is 0.616. The predicted octanol–water partition coefficient (Wildman–Crippen LogP) is 2.33. The number of carbonyl (C=O) groups is 4. The highest BCUT2D eigenvalue weighted by molar-refractivity contribution is 6.45. The van der Waals surface area contributed by atoms with Crippen LogP contribution in [0.4, 0.5) is 4.79 Å². The lowest BCUT2D eigenvalue weighted by atomic mass is 9.85. The molecule has 2 aliphatic rings. The fourth-order valence-corrected chi connectivity index (χ4v) is 3.76. The van der Waals surface area contributed by atoms with Crippen molar-refractivity contribution in [3.05, 3.63) is 34.9 Å². The molecule has 2 atom stereocenters. The lowest BCUT2D eigenvalue weighted by molar-refractivity contribution is -0.145. The summed E-state index contributed by atoms with van der Waals surface area (Å²) in [6.45, 7) is 1.76. The van der Waals surface area contributed by atoms with Crippen molar-refractivity contribution in [1.82, 2.24) is 15.1 Å². The number of urea groups is 1. The Labute approximate surface area is 162 Å². The second-order valence-electron chi connectivity index (χ2n) is 7.08. The summed E-state index contributed by atoms with van der Waals surface area (Å²) in [7, 11) is 0. The molecule has 27 heavy (non-hydrogen) atoms. The number of halogens is 1. The molecule has 1 aliphatic carbocycles. The van der Waals surface area contributed by atoms with E-state index in [0.29, 0.717) is 11.4 Å². The number of hydrogen-bond acceptors (Lipinski definition) is 4. The second-order valence-corrected chi connectivity index (χ2v) is 7.52. The summed E-state index contributed by atoms with van der Waals surface area (Å²) < 4.78 is 0. The summed E-state index contributed by atoms with van der Waals surface area (Å²) in [6.07, 6.45) is 3.58. The van der Waals surface area contributed by atoms with Crippen LogP contribution in [0, 0.1) is 5.92 Å². The fraction of sp³-hybridized carbons (Fsp3) is 0.474. The normalized spacial score (nSPS) is 23.1. The van der Waals surface area contributed by atoms with E-state index in [2.05, 4.69) is 5.32 Å². The van der Waals surface area contributed by atoms with Crippen molar-refractivity contribution in [2.75, 3.05) is 6.54 Å². The highest BCUT2D eigenvalue weighted by Crippen LogP contribution is 2.31. The van der Waals surface area contributed by atoms with Gasteiger partial charge in [-0.15, -0.1) is 0 Å². The van der Waals surface area contributed by atoms with Gasteiger partial charge in [-0.1, -0.05) is 43.5 Å². The van der Waals surface area contributed by atoms with Gasteiger partial charge in [-0.25, -0.2) is 9.69 Å². The Morgan fingerprint density at radius 1 is 1.11 bits per heavy atom. The maximum atomic E-state index is 12.6. The molecule has 144 valence electrons. The van der Waals surface area contributed by atoms with Crippen LogP contribution in [0.15, 0.2) is 24.3 Å². The topological polar surface area (TPSA) is 86.8 Å². The summed E-state index contributed by atoms with van der Waals surface area (Å²) in [5.41, 5.74) is 0.834. The van der Waals surface area contributed by atoms with Gasteiger partial charge in [0, 0.05) is 17.6 Å². The number of rotatable bonds is 5. The molecule has 0 unspecified atom stereocenters. The van der Waals surface area contributed by atoms with Crippen LogP contribution in [-0.4, -0.2) is 46.1 Å². The van der Waals surface area contributed by atoms with Crippen molar-refractivity contribution >= 4 is 35.4 Å². The van der Waals surface area contributed by atoms with E-state index in [0.717, 1.165) is 34.6 Å². The lowest BCUT2D eigenvalue weighted by Crippen LogP contribution is -2.47. The molecule has 1 aliphatic heterocycles. The summed E-state index contributed by atoms with van der Waals surface area (Å²) in [6, 6.07) is 5.99. The third-order valence-electron chi connectivity index (χ3n) is 5.19. The standard InChI is InChI=1S/C19H22ClN3O4/c1-12-4-2-3-5-15(12)23-18(26)17(25)22(19(23)27)11-16(24)21-10-13-6-8-14(20)9-7-13/h6-9,12,15H,2-5,10-11H2,1H3,(H,21,24)/t12-,15+/m1/s1. The van der Waals surface area contributed by atoms with Gasteiger partial charge >= 0.3 is 17.8 Å². The average molecular weight is 392 g/mol. The summed E-state index contributed by atoms with van der Waals surface area (Å²) in [5.74, 6) is -2.11. The first-order valence-electron chi connectivity index (χ1n) is 9.08. The molecule has 3 rings (SSSR count). The molecule has 0 aromatic heterocycles. The number of imide groups is 2. The first kappa shape index (κ1) is 19.4. The Bertz CT molecular complexity index is 765. The molecule has 1 aromatic rings. The Morgan fingerprint density at radius 3 is 2.44 bits per heavy atom. The van der Waals surface area contributed by atoms with Gasteiger partial charge in [-0.3, -0.25) is 19.3 Å². The van der Waals surface area contributed by atoms with Gasteiger partial charge < -0.3 is 5.32 Å². The van der Waals surface area contributed by atoms with E-state index >= 15 is 0 Å². The van der Waals surface area contributed by atoms with Crippen LogP contribution in [0.2, 0.25) is 5.02 Å². The zero-order valence-electron chi connectivity index (χ0n) is 15.1. The molecular weight excluding hydrogens is 370 g/mol. The van der Waals surface area contributed by atoms with E-state index in [1.165, 1.54) is 0 Å². The number of carbonyl (C=O) groups excluding carboxylic acids is 4. The van der Waals surface area contributed by atoms with Crippen molar-refractivity contribution in [3.8, 4) is 0 Å². The minimum Gasteiger partial charge on any atom is -0.350 e. The van der Waals surface area contributed by atoms with Gasteiger partial charge in [-0.2, -0.15) is 0 Å². The molecule has 0 radical (unpaired) electrons. The molecular formula is C19H22ClN3O4. The van der Waals surface area contributed by atoms with E-state index in [-0.39, 0.29) is 18.5 Å². The van der Waals surface area contributed by atoms with Gasteiger partial charge in [0.1, 0.15) is 6.54 Å². The van der Waals surface area contributed by atoms with Crippen LogP contribution >= 0.6 is 11.6 Å². The zero-order chi connectivity index (χ0) is 19.6. The zero-order valence-corrected chi connectivity index (χ0v) is 15.9. The van der Waals surface area contributed by atoms with Crippen LogP contribution in [0.25, 0.3) is 0 Å². The maximum absolute atomic E-state index is 12.6. The molecule has 5 amide bonds. The molecule has 1 heterocycles. The molecule has 1 aromatic carbocycles. The van der Waals surface area contributed by atoms with E-state index < -0.39 is 30.3 Å². The molecule has 8 heteroatoms. The average Bonchev–Trinajstić information content (AvgIpc) is 2.85. The number of nitrogens with zero attached hydrogens (tertiary/aromatic N) is 2. The highest BCUT2D eigenvalue weighted by Gasteiger charge is 2.49. The number of amides is 5. The minimum atomic E-state index is -0.931. The molecule has 1 saturated heterocycles. The van der Waals surface area contributed by atoms with Gasteiger partial charge in [0.2, 0.25) is 5.91 Å². The third kappa shape index (κ3) is 4.13. The van der Waals surface area contributed by atoms with Crippen LogP contribution in [-0.2, 0) is 20.9 Å². The number of nitrogens with one attached hydrogen (secondary N) is 1. The van der Waals surface area contributed by atoms with E-state index in [4.69, 9.17) is 11.6 Å². The molecule has 0 bridgehead atoms. The minimum absolute atomic E-state index is 0.151. The Balaban J connectivity index is 1.61. The Hall–Kier alpha value is -2.41. The molecule has 2 fully saturated rings. The fourth-order valence-electron chi connectivity index (χ4n) is 3.64. The molecule has 0 spiro atoms. The lowest BCUT2D eigenvalue weighted by Gasteiger charge is -2.34. The predicted molar refractivity (Wildman–Crippen MR) is 98.7 cm³/mol. The third-order valence-corrected chi connectivity index (χ3v) is 5.44. The van der Waals surface area contributed by atoms with Crippen LogP contribution in [0.5, 0.6) is 0 Å². The van der Waals surface area contributed by atoms with Gasteiger partial charge in [0.05, 0.1) is 0 Å². The molecule has 1 saturated carbocycles. The van der Waals surface area contributed by atoms with Crippen LogP contribution in [0.3, 0.4) is 0 Å². The van der Waals surface area contributed by atoms with Crippen molar-refractivity contribution in [3.63, 3.8) is 0 Å². The summed E-state index contributed by atoms with van der Waals surface area (Å²) in [4.78, 5) is 51.2. The van der Waals surface area contributed by atoms with Gasteiger partial charge in [0.25, 0.3) is 0 Å².